The largest absolute Gasteiger partial charge is 0.466 e. The van der Waals surface area contributed by atoms with Crippen LogP contribution in [-0.2, 0) is 9.53 Å². The molecule has 4 rings (SSSR count). The molecule has 0 heterocycles. The summed E-state index contributed by atoms with van der Waals surface area (Å²) in [5.74, 6) is 3.20. The minimum absolute atomic E-state index is 0.0433. The fraction of sp³-hybridized carbons (Fsp3) is 0.955. The highest BCUT2D eigenvalue weighted by atomic mass is 16.5. The van der Waals surface area contributed by atoms with Crippen molar-refractivity contribution in [1.82, 2.24) is 0 Å². The van der Waals surface area contributed by atoms with E-state index in [4.69, 9.17) is 4.74 Å². The van der Waals surface area contributed by atoms with Crippen molar-refractivity contribution in [3.05, 3.63) is 0 Å². The van der Waals surface area contributed by atoms with E-state index in [0.717, 1.165) is 37.0 Å². The third-order valence-electron chi connectivity index (χ3n) is 9.24. The molecule has 0 aromatic carbocycles. The van der Waals surface area contributed by atoms with Gasteiger partial charge >= 0.3 is 5.97 Å². The fourth-order valence-corrected chi connectivity index (χ4v) is 7.70. The summed E-state index contributed by atoms with van der Waals surface area (Å²) in [6.07, 6.45) is 10.5. The molecule has 0 aromatic heterocycles. The normalized spacial score (nSPS) is 52.0. The molecule has 0 saturated heterocycles. The molecule has 0 aromatic rings. The predicted octanol–water partition coefficient (Wildman–Crippen LogP) is 4.57. The maximum absolute atomic E-state index is 12.2. The van der Waals surface area contributed by atoms with E-state index >= 15 is 0 Å². The Morgan fingerprint density at radius 3 is 2.48 bits per heavy atom. The number of ether oxygens (including phenoxy) is 1. The van der Waals surface area contributed by atoms with Crippen molar-refractivity contribution in [2.24, 2.45) is 40.4 Å². The summed E-state index contributed by atoms with van der Waals surface area (Å²) >= 11 is 0. The van der Waals surface area contributed by atoms with Crippen LogP contribution in [0.3, 0.4) is 0 Å². The zero-order valence-corrected chi connectivity index (χ0v) is 16.3. The minimum atomic E-state index is -0.0801. The molecule has 4 fully saturated rings. The van der Waals surface area contributed by atoms with E-state index < -0.39 is 0 Å². The molecule has 142 valence electrons. The van der Waals surface area contributed by atoms with Crippen molar-refractivity contribution >= 4 is 5.97 Å². The second kappa shape index (κ2) is 6.25. The lowest BCUT2D eigenvalue weighted by atomic mass is 9.44. The molecule has 0 unspecified atom stereocenters. The van der Waals surface area contributed by atoms with Crippen molar-refractivity contribution < 1.29 is 14.6 Å². The van der Waals surface area contributed by atoms with E-state index in [-0.39, 0.29) is 23.4 Å². The van der Waals surface area contributed by atoms with E-state index in [1.165, 1.54) is 38.5 Å². The van der Waals surface area contributed by atoms with Gasteiger partial charge in [-0.15, -0.1) is 0 Å². The van der Waals surface area contributed by atoms with Crippen molar-refractivity contribution in [2.75, 3.05) is 6.61 Å². The number of fused-ring (bicyclic) bond motifs is 5. The molecular weight excluding hydrogens is 312 g/mol. The maximum atomic E-state index is 12.2. The topological polar surface area (TPSA) is 46.5 Å². The van der Waals surface area contributed by atoms with Crippen LogP contribution in [0.4, 0.5) is 0 Å². The van der Waals surface area contributed by atoms with Crippen LogP contribution in [0.5, 0.6) is 0 Å². The Kier molecular flexibility index (Phi) is 4.46. The first-order chi connectivity index (χ1) is 11.9. The van der Waals surface area contributed by atoms with Gasteiger partial charge in [0.2, 0.25) is 0 Å². The van der Waals surface area contributed by atoms with Crippen LogP contribution >= 0.6 is 0 Å². The van der Waals surface area contributed by atoms with Crippen LogP contribution in [0.2, 0.25) is 0 Å². The van der Waals surface area contributed by atoms with E-state index in [0.29, 0.717) is 17.9 Å². The molecule has 0 aliphatic heterocycles. The van der Waals surface area contributed by atoms with Crippen LogP contribution in [0.15, 0.2) is 0 Å². The summed E-state index contributed by atoms with van der Waals surface area (Å²) in [5.41, 5.74) is 0.577. The lowest BCUT2D eigenvalue weighted by Crippen LogP contribution is -2.54. The monoisotopic (exact) mass is 348 g/mol. The van der Waals surface area contributed by atoms with E-state index in [1.54, 1.807) is 0 Å². The highest BCUT2D eigenvalue weighted by Crippen LogP contribution is 2.66. The molecule has 0 amide bonds. The third kappa shape index (κ3) is 2.59. The number of aliphatic hydroxyl groups excluding tert-OH is 1. The first kappa shape index (κ1) is 17.8. The van der Waals surface area contributed by atoms with Gasteiger partial charge in [0.1, 0.15) is 0 Å². The van der Waals surface area contributed by atoms with Gasteiger partial charge in [0, 0.05) is 0 Å². The number of hydrogen-bond donors (Lipinski definition) is 1. The van der Waals surface area contributed by atoms with Gasteiger partial charge in [-0.1, -0.05) is 13.8 Å². The van der Waals surface area contributed by atoms with Gasteiger partial charge in [-0.25, -0.2) is 0 Å². The second-order valence-electron chi connectivity index (χ2n) is 10.0. The highest BCUT2D eigenvalue weighted by molar-refractivity contribution is 5.72. The molecule has 3 nitrogen and oxygen atoms in total. The number of hydrogen-bond acceptors (Lipinski definition) is 3. The van der Waals surface area contributed by atoms with Gasteiger partial charge in [-0.3, -0.25) is 4.79 Å². The molecule has 0 spiro atoms. The quantitative estimate of drug-likeness (QED) is 0.744. The molecular formula is C22H36O3. The molecule has 0 radical (unpaired) electrons. The molecule has 8 atom stereocenters. The molecule has 0 bridgehead atoms. The third-order valence-corrected chi connectivity index (χ3v) is 9.24. The average Bonchev–Trinajstić information content (AvgIpc) is 2.89. The molecule has 4 saturated carbocycles. The Balaban J connectivity index is 1.52. The molecule has 25 heavy (non-hydrogen) atoms. The number of rotatable bonds is 2. The van der Waals surface area contributed by atoms with E-state index in [1.807, 2.05) is 6.92 Å². The SMILES string of the molecule is CCOC(=O)[C@@H]1CC[C@@]2(C)[C@@H](CC[C@H]3[C@H]4CC[C@H](O)[C@]4(C)CC[C@@H]32)C1. The summed E-state index contributed by atoms with van der Waals surface area (Å²) in [6.45, 7) is 7.30. The fourth-order valence-electron chi connectivity index (χ4n) is 7.70. The second-order valence-corrected chi connectivity index (χ2v) is 10.0. The predicted molar refractivity (Wildman–Crippen MR) is 97.9 cm³/mol. The zero-order chi connectivity index (χ0) is 17.8. The smallest absolute Gasteiger partial charge is 0.308 e. The Morgan fingerprint density at radius 1 is 1.00 bits per heavy atom. The van der Waals surface area contributed by atoms with Crippen LogP contribution in [0.25, 0.3) is 0 Å². The van der Waals surface area contributed by atoms with Crippen molar-refractivity contribution in [3.63, 3.8) is 0 Å². The van der Waals surface area contributed by atoms with Crippen molar-refractivity contribution in [3.8, 4) is 0 Å². The average molecular weight is 349 g/mol. The zero-order valence-electron chi connectivity index (χ0n) is 16.3. The van der Waals surface area contributed by atoms with Crippen LogP contribution < -0.4 is 0 Å². The number of carbonyl (C=O) groups is 1. The Morgan fingerprint density at radius 2 is 1.72 bits per heavy atom. The Bertz CT molecular complexity index is 531. The molecule has 1 N–H and O–H groups in total. The van der Waals surface area contributed by atoms with Gasteiger partial charge in [-0.05, 0) is 99.2 Å². The van der Waals surface area contributed by atoms with Crippen molar-refractivity contribution in [1.29, 1.82) is 0 Å². The lowest BCUT2D eigenvalue weighted by Gasteiger charge is -2.60. The minimum Gasteiger partial charge on any atom is -0.466 e. The van der Waals surface area contributed by atoms with Crippen LogP contribution in [-0.4, -0.2) is 23.8 Å². The summed E-state index contributed by atoms with van der Waals surface area (Å²) in [4.78, 5) is 12.2. The summed E-state index contributed by atoms with van der Waals surface area (Å²) in [7, 11) is 0. The number of carbonyl (C=O) groups excluding carboxylic acids is 1. The van der Waals surface area contributed by atoms with Crippen LogP contribution in [0, 0.1) is 40.4 Å². The molecule has 3 heteroatoms. The van der Waals surface area contributed by atoms with Gasteiger partial charge in [0.25, 0.3) is 0 Å². The van der Waals surface area contributed by atoms with Gasteiger partial charge in [0.05, 0.1) is 18.6 Å². The Hall–Kier alpha value is -0.570. The van der Waals surface area contributed by atoms with Gasteiger partial charge < -0.3 is 9.84 Å². The lowest BCUT2D eigenvalue weighted by molar-refractivity contribution is -0.158. The number of esters is 1. The first-order valence-electron chi connectivity index (χ1n) is 10.7. The summed E-state index contributed by atoms with van der Waals surface area (Å²) < 4.78 is 5.32. The van der Waals surface area contributed by atoms with E-state index in [2.05, 4.69) is 13.8 Å². The van der Waals surface area contributed by atoms with Crippen molar-refractivity contribution in [2.45, 2.75) is 84.7 Å². The standard InChI is InChI=1S/C22H36O3/c1-4-25-20(24)14-9-11-21(2)15(13-14)5-6-16-17-7-8-19(23)22(17,3)12-10-18(16)21/h14-19,23H,4-13H2,1-3H3/t14-,15+,16+,17-,18+,19+,21+,22-/m1/s1. The first-order valence-corrected chi connectivity index (χ1v) is 10.7. The Labute approximate surface area is 152 Å². The molecule has 4 aliphatic carbocycles. The van der Waals surface area contributed by atoms with Gasteiger partial charge in [-0.2, -0.15) is 0 Å². The summed E-state index contributed by atoms with van der Waals surface area (Å²) in [6, 6.07) is 0. The summed E-state index contributed by atoms with van der Waals surface area (Å²) in [5, 5.41) is 10.6. The van der Waals surface area contributed by atoms with Crippen LogP contribution in [0.1, 0.15) is 78.6 Å². The van der Waals surface area contributed by atoms with Gasteiger partial charge in [0.15, 0.2) is 0 Å². The highest BCUT2D eigenvalue weighted by Gasteiger charge is 2.60. The van der Waals surface area contributed by atoms with E-state index in [9.17, 15) is 9.90 Å². The molecule has 4 aliphatic rings. The number of aliphatic hydroxyl groups is 1. The maximum Gasteiger partial charge on any atom is 0.308 e.